The zero-order valence-electron chi connectivity index (χ0n) is 15.5. The molecule has 0 amide bonds. The molecule has 0 fully saturated rings. The van der Waals surface area contributed by atoms with Gasteiger partial charge in [-0.15, -0.1) is 0 Å². The average Bonchev–Trinajstić information content (AvgIpc) is 2.58. The summed E-state index contributed by atoms with van der Waals surface area (Å²) >= 11 is 0. The Labute approximate surface area is 201 Å². The number of methoxy groups -OCH3 is 2. The quantitative estimate of drug-likeness (QED) is 0.198. The van der Waals surface area contributed by atoms with Crippen molar-refractivity contribution < 1.29 is 92.3 Å². The molecule has 0 radical (unpaired) electrons. The summed E-state index contributed by atoms with van der Waals surface area (Å²) in [4.78, 5) is 33.7. The molecule has 0 aromatic heterocycles. The Morgan fingerprint density at radius 3 is 2.11 bits per heavy atom. The standard InChI is InChI=1S/C17H17O7P.2Na/c1-22-14-7-5-13(6-8-14)15(18)9-3-12-4-10-16(23-2)17(11-12)24-25(19,20)21;;/h3-11H,1-2H3,(H2,19,20,21);;/q;2*+1/p-2/b9-3+;;. The monoisotopic (exact) mass is 408 g/mol. The van der Waals surface area contributed by atoms with Crippen LogP contribution in [0.5, 0.6) is 17.2 Å². The van der Waals surface area contributed by atoms with Gasteiger partial charge < -0.3 is 28.3 Å². The molecule has 27 heavy (non-hydrogen) atoms. The molecular weight excluding hydrogens is 393 g/mol. The second kappa shape index (κ2) is 12.1. The van der Waals surface area contributed by atoms with Crippen LogP contribution in [-0.4, -0.2) is 20.0 Å². The molecule has 2 rings (SSSR count). The number of rotatable bonds is 7. The summed E-state index contributed by atoms with van der Waals surface area (Å²) in [5, 5.41) is 0. The number of hydrogen-bond donors (Lipinski definition) is 0. The normalized spacial score (nSPS) is 10.5. The molecule has 0 N–H and O–H groups in total. The van der Waals surface area contributed by atoms with E-state index < -0.39 is 7.82 Å². The van der Waals surface area contributed by atoms with E-state index in [2.05, 4.69) is 4.52 Å². The minimum atomic E-state index is -5.22. The van der Waals surface area contributed by atoms with E-state index in [1.54, 1.807) is 30.3 Å². The molecule has 0 unspecified atom stereocenters. The van der Waals surface area contributed by atoms with Crippen molar-refractivity contribution >= 4 is 19.7 Å². The van der Waals surface area contributed by atoms with Gasteiger partial charge in [-0.1, -0.05) is 12.1 Å². The number of phosphoric ester groups is 1. The average molecular weight is 408 g/mol. The van der Waals surface area contributed by atoms with Gasteiger partial charge in [-0.25, -0.2) is 0 Å². The molecule has 0 bridgehead atoms. The molecule has 2 aromatic rings. The minimum Gasteiger partial charge on any atom is -0.780 e. The fraction of sp³-hybridized carbons (Fsp3) is 0.118. The Balaban J connectivity index is 0.00000338. The first-order chi connectivity index (χ1) is 11.8. The van der Waals surface area contributed by atoms with Gasteiger partial charge in [0.2, 0.25) is 0 Å². The Hall–Kier alpha value is -0.600. The van der Waals surface area contributed by atoms with Crippen molar-refractivity contribution in [2.75, 3.05) is 14.2 Å². The second-order valence-electron chi connectivity index (χ2n) is 4.87. The van der Waals surface area contributed by atoms with Crippen LogP contribution in [0.25, 0.3) is 6.08 Å². The van der Waals surface area contributed by atoms with Gasteiger partial charge in [0.1, 0.15) is 13.6 Å². The first-order valence-corrected chi connectivity index (χ1v) is 8.54. The SMILES string of the molecule is COc1ccc(C(=O)/C=C/c2ccc(OC)c(OP(=O)([O-])[O-])c2)cc1.[Na+].[Na+]. The summed E-state index contributed by atoms with van der Waals surface area (Å²) in [6.07, 6.45) is 2.79. The third kappa shape index (κ3) is 8.52. The molecular formula is C17H15Na2O7P. The predicted octanol–water partition coefficient (Wildman–Crippen LogP) is -4.18. The molecule has 0 heterocycles. The van der Waals surface area contributed by atoms with Gasteiger partial charge >= 0.3 is 59.1 Å². The fourth-order valence-electron chi connectivity index (χ4n) is 2.01. The van der Waals surface area contributed by atoms with E-state index in [1.165, 1.54) is 38.5 Å². The van der Waals surface area contributed by atoms with Gasteiger partial charge in [0.25, 0.3) is 0 Å². The first-order valence-electron chi connectivity index (χ1n) is 7.08. The van der Waals surface area contributed by atoms with Gasteiger partial charge in [-0.2, -0.15) is 0 Å². The van der Waals surface area contributed by atoms with E-state index in [0.29, 0.717) is 16.9 Å². The van der Waals surface area contributed by atoms with Crippen LogP contribution in [0.15, 0.2) is 48.5 Å². The van der Waals surface area contributed by atoms with Crippen molar-refractivity contribution in [2.24, 2.45) is 0 Å². The minimum absolute atomic E-state index is 0. The topological polar surface area (TPSA) is 108 Å². The molecule has 0 spiro atoms. The molecule has 2 aromatic carbocycles. The van der Waals surface area contributed by atoms with Crippen molar-refractivity contribution in [3.05, 3.63) is 59.7 Å². The van der Waals surface area contributed by atoms with Crippen LogP contribution in [-0.2, 0) is 4.57 Å². The molecule has 10 heteroatoms. The Morgan fingerprint density at radius 1 is 0.963 bits per heavy atom. The number of phosphoric acid groups is 1. The summed E-state index contributed by atoms with van der Waals surface area (Å²) in [5.41, 5.74) is 0.928. The number of ketones is 1. The maximum absolute atomic E-state index is 12.1. The van der Waals surface area contributed by atoms with Crippen LogP contribution in [0.3, 0.4) is 0 Å². The van der Waals surface area contributed by atoms with E-state index in [0.717, 1.165) is 0 Å². The van der Waals surface area contributed by atoms with Crippen molar-refractivity contribution in [1.29, 1.82) is 0 Å². The maximum atomic E-state index is 12.1. The molecule has 0 saturated heterocycles. The van der Waals surface area contributed by atoms with Crippen molar-refractivity contribution in [3.63, 3.8) is 0 Å². The molecule has 132 valence electrons. The zero-order chi connectivity index (χ0) is 18.4. The van der Waals surface area contributed by atoms with Crippen LogP contribution in [0.1, 0.15) is 15.9 Å². The fourth-order valence-corrected chi connectivity index (χ4v) is 2.40. The summed E-state index contributed by atoms with van der Waals surface area (Å²) in [6.45, 7) is 0. The largest absolute Gasteiger partial charge is 1.00 e. The number of hydrogen-bond acceptors (Lipinski definition) is 7. The Morgan fingerprint density at radius 2 is 1.59 bits per heavy atom. The molecule has 0 saturated carbocycles. The number of carbonyl (C=O) groups excluding carboxylic acids is 1. The summed E-state index contributed by atoms with van der Waals surface area (Å²) < 4.78 is 25.1. The molecule has 7 nitrogen and oxygen atoms in total. The van der Waals surface area contributed by atoms with Crippen LogP contribution < -0.4 is 82.9 Å². The summed E-state index contributed by atoms with van der Waals surface area (Å²) in [6, 6.07) is 10.9. The van der Waals surface area contributed by atoms with E-state index >= 15 is 0 Å². The Bertz CT molecular complexity index is 832. The van der Waals surface area contributed by atoms with Crippen LogP contribution >= 0.6 is 7.82 Å². The summed E-state index contributed by atoms with van der Waals surface area (Å²) in [5.74, 6) is 0.233. The Kier molecular flexibility index (Phi) is 11.8. The number of ether oxygens (including phenoxy) is 2. The first kappa shape index (κ1) is 26.4. The zero-order valence-corrected chi connectivity index (χ0v) is 20.4. The maximum Gasteiger partial charge on any atom is 1.00 e. The van der Waals surface area contributed by atoms with Gasteiger partial charge in [-0.05, 0) is 48.0 Å². The number of carbonyl (C=O) groups is 1. The number of allylic oxidation sites excluding steroid dienone is 1. The predicted molar refractivity (Wildman–Crippen MR) is 87.6 cm³/mol. The third-order valence-corrected chi connectivity index (χ3v) is 3.62. The van der Waals surface area contributed by atoms with Crippen LogP contribution in [0, 0.1) is 0 Å². The van der Waals surface area contributed by atoms with Crippen molar-refractivity contribution in [1.82, 2.24) is 0 Å². The van der Waals surface area contributed by atoms with Crippen molar-refractivity contribution in [3.8, 4) is 17.2 Å². The molecule has 0 aliphatic carbocycles. The molecule has 0 aliphatic rings. The van der Waals surface area contributed by atoms with Crippen molar-refractivity contribution in [2.45, 2.75) is 0 Å². The van der Waals surface area contributed by atoms with E-state index in [1.807, 2.05) is 0 Å². The van der Waals surface area contributed by atoms with Gasteiger partial charge in [0, 0.05) is 5.56 Å². The van der Waals surface area contributed by atoms with Crippen LogP contribution in [0.4, 0.5) is 0 Å². The van der Waals surface area contributed by atoms with Crippen LogP contribution in [0.2, 0.25) is 0 Å². The van der Waals surface area contributed by atoms with E-state index in [9.17, 15) is 19.1 Å². The molecule has 0 aliphatic heterocycles. The second-order valence-corrected chi connectivity index (χ2v) is 5.95. The van der Waals surface area contributed by atoms with Gasteiger partial charge in [0.15, 0.2) is 17.3 Å². The third-order valence-electron chi connectivity index (χ3n) is 3.20. The summed E-state index contributed by atoms with van der Waals surface area (Å²) in [7, 11) is -2.38. The number of benzene rings is 2. The van der Waals surface area contributed by atoms with E-state index in [-0.39, 0.29) is 76.4 Å². The smallest absolute Gasteiger partial charge is 0.780 e. The van der Waals surface area contributed by atoms with Gasteiger partial charge in [-0.3, -0.25) is 4.79 Å². The van der Waals surface area contributed by atoms with Gasteiger partial charge in [0.05, 0.1) is 14.2 Å². The molecule has 0 atom stereocenters. The van der Waals surface area contributed by atoms with E-state index in [4.69, 9.17) is 9.47 Å².